The lowest BCUT2D eigenvalue weighted by Crippen LogP contribution is -1.97. The predicted octanol–water partition coefficient (Wildman–Crippen LogP) is 2.16. The van der Waals surface area contributed by atoms with Gasteiger partial charge in [-0.15, -0.1) is 0 Å². The van der Waals surface area contributed by atoms with Gasteiger partial charge in [-0.25, -0.2) is 9.97 Å². The van der Waals surface area contributed by atoms with Crippen LogP contribution in [0.5, 0.6) is 0 Å². The van der Waals surface area contributed by atoms with Gasteiger partial charge in [-0.3, -0.25) is 9.97 Å². The second-order valence-electron chi connectivity index (χ2n) is 3.47. The molecule has 0 unspecified atom stereocenters. The predicted molar refractivity (Wildman–Crippen MR) is 64.9 cm³/mol. The summed E-state index contributed by atoms with van der Waals surface area (Å²) in [5.41, 5.74) is 0. The summed E-state index contributed by atoms with van der Waals surface area (Å²) in [7, 11) is 0. The summed E-state index contributed by atoms with van der Waals surface area (Å²) in [5, 5.41) is 5.18. The van der Waals surface area contributed by atoms with Crippen molar-refractivity contribution in [1.82, 2.24) is 19.9 Å². The van der Waals surface area contributed by atoms with Gasteiger partial charge in [-0.2, -0.15) is 0 Å². The molecule has 5 heteroatoms. The normalized spacial score (nSPS) is 10.4. The van der Waals surface area contributed by atoms with Crippen LogP contribution in [-0.2, 0) is 0 Å². The van der Waals surface area contributed by atoms with Crippen LogP contribution < -0.4 is 5.32 Å². The van der Waals surface area contributed by atoms with Crippen molar-refractivity contribution in [2.45, 2.75) is 0 Å². The molecule has 3 aromatic rings. The van der Waals surface area contributed by atoms with E-state index in [0.29, 0.717) is 5.82 Å². The quantitative estimate of drug-likeness (QED) is 0.721. The van der Waals surface area contributed by atoms with Gasteiger partial charge < -0.3 is 5.32 Å². The van der Waals surface area contributed by atoms with Crippen molar-refractivity contribution in [3.8, 4) is 0 Å². The minimum atomic E-state index is 0.671. The number of pyridine rings is 2. The first-order chi connectivity index (χ1) is 8.43. The van der Waals surface area contributed by atoms with Crippen LogP contribution in [0, 0.1) is 0 Å². The summed E-state index contributed by atoms with van der Waals surface area (Å²) in [4.78, 5) is 16.5. The number of hydrogen-bond acceptors (Lipinski definition) is 5. The van der Waals surface area contributed by atoms with Gasteiger partial charge in [0.1, 0.15) is 11.6 Å². The highest BCUT2D eigenvalue weighted by atomic mass is 15.1. The summed E-state index contributed by atoms with van der Waals surface area (Å²) in [5.74, 6) is 1.43. The molecule has 0 bridgehead atoms. The second kappa shape index (κ2) is 4.13. The molecule has 0 saturated carbocycles. The molecule has 0 aromatic carbocycles. The monoisotopic (exact) mass is 223 g/mol. The van der Waals surface area contributed by atoms with Crippen LogP contribution in [0.25, 0.3) is 10.8 Å². The lowest BCUT2D eigenvalue weighted by atomic mass is 10.2. The van der Waals surface area contributed by atoms with E-state index in [-0.39, 0.29) is 0 Å². The van der Waals surface area contributed by atoms with E-state index in [4.69, 9.17) is 0 Å². The number of hydrogen-bond donors (Lipinski definition) is 1. The number of nitrogens with zero attached hydrogens (tertiary/aromatic N) is 4. The SMILES string of the molecule is c1cnc(Nc2nccc3cnccc23)cn1. The summed E-state index contributed by atoms with van der Waals surface area (Å²) in [6.07, 6.45) is 10.2. The van der Waals surface area contributed by atoms with Crippen molar-refractivity contribution >= 4 is 22.4 Å². The highest BCUT2D eigenvalue weighted by Gasteiger charge is 2.02. The molecule has 0 radical (unpaired) electrons. The van der Waals surface area contributed by atoms with Crippen LogP contribution >= 0.6 is 0 Å². The van der Waals surface area contributed by atoms with Gasteiger partial charge in [0.05, 0.1) is 6.20 Å². The number of aromatic nitrogens is 4. The highest BCUT2D eigenvalue weighted by molar-refractivity contribution is 5.92. The fourth-order valence-corrected chi connectivity index (χ4v) is 1.60. The maximum absolute atomic E-state index is 4.30. The van der Waals surface area contributed by atoms with E-state index in [2.05, 4.69) is 25.3 Å². The van der Waals surface area contributed by atoms with Gasteiger partial charge in [0, 0.05) is 41.8 Å². The molecule has 0 aliphatic heterocycles. The van der Waals surface area contributed by atoms with E-state index < -0.39 is 0 Å². The molecular weight excluding hydrogens is 214 g/mol. The van der Waals surface area contributed by atoms with Crippen molar-refractivity contribution in [1.29, 1.82) is 0 Å². The van der Waals surface area contributed by atoms with Gasteiger partial charge in [0.2, 0.25) is 0 Å². The maximum Gasteiger partial charge on any atom is 0.150 e. The number of anilines is 2. The summed E-state index contributed by atoms with van der Waals surface area (Å²) >= 11 is 0. The minimum Gasteiger partial charge on any atom is -0.323 e. The molecule has 17 heavy (non-hydrogen) atoms. The van der Waals surface area contributed by atoms with Crippen molar-refractivity contribution in [2.75, 3.05) is 5.32 Å². The molecule has 0 spiro atoms. The van der Waals surface area contributed by atoms with E-state index in [9.17, 15) is 0 Å². The molecule has 0 aliphatic rings. The third-order valence-electron chi connectivity index (χ3n) is 2.37. The molecule has 5 nitrogen and oxygen atoms in total. The first-order valence-electron chi connectivity index (χ1n) is 5.15. The largest absolute Gasteiger partial charge is 0.323 e. The Morgan fingerprint density at radius 2 is 1.76 bits per heavy atom. The van der Waals surface area contributed by atoms with E-state index in [1.165, 1.54) is 0 Å². The average molecular weight is 223 g/mol. The Balaban J connectivity index is 2.06. The molecule has 3 rings (SSSR count). The van der Waals surface area contributed by atoms with E-state index in [1.54, 1.807) is 37.2 Å². The Morgan fingerprint density at radius 1 is 0.824 bits per heavy atom. The van der Waals surface area contributed by atoms with Crippen LogP contribution in [0.1, 0.15) is 0 Å². The zero-order valence-corrected chi connectivity index (χ0v) is 8.91. The third-order valence-corrected chi connectivity index (χ3v) is 2.37. The summed E-state index contributed by atoms with van der Waals surface area (Å²) in [6.45, 7) is 0. The van der Waals surface area contributed by atoms with Crippen molar-refractivity contribution in [3.05, 3.63) is 49.3 Å². The number of nitrogens with one attached hydrogen (secondary N) is 1. The standard InChI is InChI=1S/C12H9N5/c1-4-16-12(10-2-3-13-7-9(1)10)17-11-8-14-5-6-15-11/h1-8H,(H,15,16,17). The molecule has 1 N–H and O–H groups in total. The molecule has 0 atom stereocenters. The van der Waals surface area contributed by atoms with Crippen molar-refractivity contribution in [2.24, 2.45) is 0 Å². The average Bonchev–Trinajstić information content (AvgIpc) is 2.40. The Hall–Kier alpha value is -2.56. The molecule has 3 aromatic heterocycles. The molecule has 0 aliphatic carbocycles. The number of rotatable bonds is 2. The smallest absolute Gasteiger partial charge is 0.150 e. The Bertz CT molecular complexity index is 633. The fraction of sp³-hybridized carbons (Fsp3) is 0. The molecule has 0 saturated heterocycles. The topological polar surface area (TPSA) is 63.6 Å². The molecule has 82 valence electrons. The van der Waals surface area contributed by atoms with E-state index >= 15 is 0 Å². The Morgan fingerprint density at radius 3 is 2.65 bits per heavy atom. The van der Waals surface area contributed by atoms with Gasteiger partial charge in [-0.05, 0) is 12.1 Å². The van der Waals surface area contributed by atoms with E-state index in [0.717, 1.165) is 16.6 Å². The second-order valence-corrected chi connectivity index (χ2v) is 3.47. The molecular formula is C12H9N5. The first-order valence-corrected chi connectivity index (χ1v) is 5.15. The van der Waals surface area contributed by atoms with Crippen molar-refractivity contribution in [3.63, 3.8) is 0 Å². The van der Waals surface area contributed by atoms with E-state index in [1.807, 2.05) is 12.1 Å². The van der Waals surface area contributed by atoms with Gasteiger partial charge in [-0.1, -0.05) is 0 Å². The maximum atomic E-state index is 4.30. The third kappa shape index (κ3) is 1.90. The minimum absolute atomic E-state index is 0.671. The fourth-order valence-electron chi connectivity index (χ4n) is 1.60. The molecule has 3 heterocycles. The molecule has 0 fully saturated rings. The van der Waals surface area contributed by atoms with Crippen molar-refractivity contribution < 1.29 is 0 Å². The van der Waals surface area contributed by atoms with Crippen LogP contribution in [0.3, 0.4) is 0 Å². The Kier molecular flexibility index (Phi) is 2.34. The van der Waals surface area contributed by atoms with Gasteiger partial charge in [0.15, 0.2) is 0 Å². The van der Waals surface area contributed by atoms with Crippen LogP contribution in [-0.4, -0.2) is 19.9 Å². The number of fused-ring (bicyclic) bond motifs is 1. The van der Waals surface area contributed by atoms with Gasteiger partial charge in [0.25, 0.3) is 0 Å². The lowest BCUT2D eigenvalue weighted by Gasteiger charge is -2.06. The highest BCUT2D eigenvalue weighted by Crippen LogP contribution is 2.21. The Labute approximate surface area is 97.6 Å². The zero-order valence-electron chi connectivity index (χ0n) is 8.91. The van der Waals surface area contributed by atoms with Crippen LogP contribution in [0.15, 0.2) is 49.3 Å². The zero-order chi connectivity index (χ0) is 11.5. The summed E-state index contributed by atoms with van der Waals surface area (Å²) < 4.78 is 0. The lowest BCUT2D eigenvalue weighted by molar-refractivity contribution is 1.19. The molecule has 0 amide bonds. The first kappa shape index (κ1) is 9.65. The van der Waals surface area contributed by atoms with Crippen LogP contribution in [0.2, 0.25) is 0 Å². The van der Waals surface area contributed by atoms with Gasteiger partial charge >= 0.3 is 0 Å². The van der Waals surface area contributed by atoms with Crippen LogP contribution in [0.4, 0.5) is 11.6 Å². The summed E-state index contributed by atoms with van der Waals surface area (Å²) in [6, 6.07) is 3.84.